The molecule has 5 rings (SSSR count). The van der Waals surface area contributed by atoms with Crippen molar-refractivity contribution in [1.82, 2.24) is 19.1 Å². The first-order valence-electron chi connectivity index (χ1n) is 11.4. The van der Waals surface area contributed by atoms with Gasteiger partial charge >= 0.3 is 0 Å². The van der Waals surface area contributed by atoms with Gasteiger partial charge in [0.15, 0.2) is 0 Å². The molecule has 2 aliphatic heterocycles. The van der Waals surface area contributed by atoms with Gasteiger partial charge in [0.2, 0.25) is 15.9 Å². The fourth-order valence-electron chi connectivity index (χ4n) is 4.64. The van der Waals surface area contributed by atoms with E-state index in [9.17, 15) is 13.2 Å². The summed E-state index contributed by atoms with van der Waals surface area (Å²) in [4.78, 5) is 22.2. The zero-order valence-electron chi connectivity index (χ0n) is 18.7. The number of piperazine rings is 1. The molecule has 1 aromatic heterocycles. The molecular weight excluding hydrogens is 456 g/mol. The summed E-state index contributed by atoms with van der Waals surface area (Å²) in [5.74, 6) is 0.0652. The Labute approximate surface area is 198 Å². The number of rotatable bonds is 5. The topological polar surface area (TPSA) is 73.8 Å². The van der Waals surface area contributed by atoms with E-state index in [0.717, 1.165) is 35.5 Å². The zero-order chi connectivity index (χ0) is 23.0. The first-order valence-corrected chi connectivity index (χ1v) is 13.6. The first-order chi connectivity index (χ1) is 15.9. The van der Waals surface area contributed by atoms with Gasteiger partial charge in [-0.1, -0.05) is 29.8 Å². The van der Waals surface area contributed by atoms with Crippen molar-refractivity contribution in [2.24, 2.45) is 0 Å². The summed E-state index contributed by atoms with van der Waals surface area (Å²) < 4.78 is 28.5. The maximum absolute atomic E-state index is 13.1. The van der Waals surface area contributed by atoms with Crippen molar-refractivity contribution in [1.29, 1.82) is 0 Å². The van der Waals surface area contributed by atoms with Crippen molar-refractivity contribution < 1.29 is 13.2 Å². The average molecular weight is 485 g/mol. The van der Waals surface area contributed by atoms with Crippen LogP contribution in [0, 0.1) is 6.92 Å². The van der Waals surface area contributed by atoms with Gasteiger partial charge in [0.25, 0.3) is 0 Å². The van der Waals surface area contributed by atoms with Crippen LogP contribution in [-0.4, -0.2) is 72.7 Å². The molecule has 0 N–H and O–H groups in total. The van der Waals surface area contributed by atoms with Gasteiger partial charge in [-0.2, -0.15) is 4.31 Å². The molecule has 2 fully saturated rings. The van der Waals surface area contributed by atoms with Crippen LogP contribution in [0.15, 0.2) is 53.4 Å². The maximum atomic E-state index is 13.1. The maximum Gasteiger partial charge on any atom is 0.243 e. The normalized spacial score (nSPS) is 20.5. The lowest BCUT2D eigenvalue weighted by atomic mass is 10.2. The van der Waals surface area contributed by atoms with Gasteiger partial charge in [0.05, 0.1) is 27.7 Å². The summed E-state index contributed by atoms with van der Waals surface area (Å²) in [7, 11) is -3.53. The quantitative estimate of drug-likeness (QED) is 0.556. The second-order valence-corrected chi connectivity index (χ2v) is 11.7. The molecule has 2 aliphatic rings. The van der Waals surface area contributed by atoms with Crippen LogP contribution in [0.4, 0.5) is 0 Å². The smallest absolute Gasteiger partial charge is 0.243 e. The highest BCUT2D eigenvalue weighted by atomic mass is 32.2. The van der Waals surface area contributed by atoms with Crippen molar-refractivity contribution in [3.63, 3.8) is 0 Å². The number of fused-ring (bicyclic) bond motifs is 1. The van der Waals surface area contributed by atoms with E-state index in [1.807, 2.05) is 37.3 Å². The van der Waals surface area contributed by atoms with Crippen molar-refractivity contribution in [3.05, 3.63) is 59.1 Å². The molecule has 2 aromatic carbocycles. The number of hydrogen-bond donors (Lipinski definition) is 0. The second kappa shape index (κ2) is 9.13. The van der Waals surface area contributed by atoms with Gasteiger partial charge < -0.3 is 4.90 Å². The lowest BCUT2D eigenvalue weighted by Crippen LogP contribution is -2.52. The molecule has 0 spiro atoms. The summed E-state index contributed by atoms with van der Waals surface area (Å²) in [6.07, 6.45) is 2.06. The van der Waals surface area contributed by atoms with Crippen LogP contribution in [0.2, 0.25) is 0 Å². The molecule has 0 saturated carbocycles. The molecular formula is C24H28N4O3S2. The van der Waals surface area contributed by atoms with Gasteiger partial charge in [0.1, 0.15) is 5.01 Å². The third-order valence-corrected chi connectivity index (χ3v) is 9.60. The predicted molar refractivity (Wildman–Crippen MR) is 130 cm³/mol. The summed E-state index contributed by atoms with van der Waals surface area (Å²) in [6.45, 7) is 4.65. The largest absolute Gasteiger partial charge is 0.339 e. The third kappa shape index (κ3) is 4.55. The zero-order valence-corrected chi connectivity index (χ0v) is 20.3. The lowest BCUT2D eigenvalue weighted by molar-refractivity contribution is -0.133. The summed E-state index contributed by atoms with van der Waals surface area (Å²) in [5, 5.41) is 1.08. The van der Waals surface area contributed by atoms with Gasteiger partial charge in [-0.05, 0) is 50.6 Å². The molecule has 7 nitrogen and oxygen atoms in total. The highest BCUT2D eigenvalue weighted by Crippen LogP contribution is 2.36. The Balaban J connectivity index is 1.21. The number of likely N-dealkylation sites (tertiary alicyclic amines) is 1. The second-order valence-electron chi connectivity index (χ2n) is 8.75. The van der Waals surface area contributed by atoms with E-state index in [1.54, 1.807) is 28.4 Å². The van der Waals surface area contributed by atoms with Gasteiger partial charge in [-0.3, -0.25) is 9.69 Å². The summed E-state index contributed by atoms with van der Waals surface area (Å²) >= 11 is 1.71. The Morgan fingerprint density at radius 2 is 1.76 bits per heavy atom. The molecule has 3 heterocycles. The van der Waals surface area contributed by atoms with Gasteiger partial charge in [0, 0.05) is 26.2 Å². The molecule has 1 amide bonds. The van der Waals surface area contributed by atoms with Crippen LogP contribution in [0.3, 0.4) is 0 Å². The molecule has 174 valence electrons. The molecule has 9 heteroatoms. The Kier molecular flexibility index (Phi) is 6.22. The summed E-state index contributed by atoms with van der Waals surface area (Å²) in [6, 6.07) is 15.2. The minimum absolute atomic E-state index is 0.0652. The molecule has 0 bridgehead atoms. The van der Waals surface area contributed by atoms with E-state index in [0.29, 0.717) is 37.6 Å². The fraction of sp³-hybridized carbons (Fsp3) is 0.417. The van der Waals surface area contributed by atoms with Gasteiger partial charge in [-0.25, -0.2) is 13.4 Å². The highest BCUT2D eigenvalue weighted by molar-refractivity contribution is 7.89. The number of aryl methyl sites for hydroxylation is 1. The van der Waals surface area contributed by atoms with Crippen molar-refractivity contribution in [3.8, 4) is 0 Å². The molecule has 0 radical (unpaired) electrons. The third-order valence-electron chi connectivity index (χ3n) is 6.55. The van der Waals surface area contributed by atoms with E-state index in [1.165, 1.54) is 9.01 Å². The van der Waals surface area contributed by atoms with E-state index < -0.39 is 10.0 Å². The Morgan fingerprint density at radius 1 is 1.03 bits per heavy atom. The number of benzene rings is 2. The number of amides is 1. The van der Waals surface area contributed by atoms with Crippen LogP contribution in [0.25, 0.3) is 10.2 Å². The molecule has 2 saturated heterocycles. The number of para-hydroxylation sites is 1. The molecule has 33 heavy (non-hydrogen) atoms. The number of aromatic nitrogens is 1. The Bertz CT molecular complexity index is 1220. The molecule has 3 aromatic rings. The van der Waals surface area contributed by atoms with Crippen molar-refractivity contribution in [2.75, 3.05) is 39.3 Å². The number of carbonyl (C=O) groups is 1. The monoisotopic (exact) mass is 484 g/mol. The number of thiazole rings is 1. The minimum Gasteiger partial charge on any atom is -0.339 e. The average Bonchev–Trinajstić information content (AvgIpc) is 3.46. The van der Waals surface area contributed by atoms with E-state index in [2.05, 4.69) is 11.0 Å². The van der Waals surface area contributed by atoms with E-state index >= 15 is 0 Å². The van der Waals surface area contributed by atoms with Crippen molar-refractivity contribution in [2.45, 2.75) is 30.7 Å². The number of sulfonamides is 1. The van der Waals surface area contributed by atoms with E-state index in [-0.39, 0.29) is 11.9 Å². The van der Waals surface area contributed by atoms with Crippen molar-refractivity contribution >= 4 is 37.5 Å². The standard InChI is InChI=1S/C24H28N4O3S2/c1-18-8-10-19(11-9-18)33(30,31)28-15-13-26(14-16-28)23(29)17-27-12-4-6-21(27)24-25-20-5-2-3-7-22(20)32-24/h2-3,5,7-11,21H,4,6,12-17H2,1H3/t21-/m0/s1. The van der Waals surface area contributed by atoms with Crippen LogP contribution in [0.5, 0.6) is 0 Å². The van der Waals surface area contributed by atoms with Gasteiger partial charge in [-0.15, -0.1) is 11.3 Å². The fourth-order valence-corrected chi connectivity index (χ4v) is 7.20. The first kappa shape index (κ1) is 22.5. The van der Waals surface area contributed by atoms with Crippen LogP contribution < -0.4 is 0 Å². The predicted octanol–water partition coefficient (Wildman–Crippen LogP) is 3.27. The Morgan fingerprint density at radius 3 is 2.48 bits per heavy atom. The molecule has 1 atom stereocenters. The van der Waals surface area contributed by atoms with Crippen LogP contribution >= 0.6 is 11.3 Å². The minimum atomic E-state index is -3.53. The van der Waals surface area contributed by atoms with E-state index in [4.69, 9.17) is 4.98 Å². The number of carbonyl (C=O) groups excluding carboxylic acids is 1. The lowest BCUT2D eigenvalue weighted by Gasteiger charge is -2.35. The Hall–Kier alpha value is -2.33. The number of hydrogen-bond acceptors (Lipinski definition) is 6. The van der Waals surface area contributed by atoms with Crippen LogP contribution in [-0.2, 0) is 14.8 Å². The van der Waals surface area contributed by atoms with Crippen LogP contribution in [0.1, 0.15) is 29.5 Å². The molecule has 0 unspecified atom stereocenters. The molecule has 0 aliphatic carbocycles. The number of nitrogens with zero attached hydrogens (tertiary/aromatic N) is 4. The summed E-state index contributed by atoms with van der Waals surface area (Å²) in [5.41, 5.74) is 2.04. The SMILES string of the molecule is Cc1ccc(S(=O)(=O)N2CCN(C(=O)CN3CCC[C@H]3c3nc4ccccc4s3)CC2)cc1. The highest BCUT2D eigenvalue weighted by Gasteiger charge is 2.34.